The maximum Gasteiger partial charge on any atom is 0.184 e. The molecule has 0 aromatic heterocycles. The largest absolute Gasteiger partial charge is 0.297 e. The molecule has 0 amide bonds. The highest BCUT2D eigenvalue weighted by Gasteiger charge is 2.86. The molecule has 196 valence electrons. The van der Waals surface area contributed by atoms with Gasteiger partial charge in [0.2, 0.25) is 0 Å². The summed E-state index contributed by atoms with van der Waals surface area (Å²) in [4.78, 5) is 59.1. The van der Waals surface area contributed by atoms with Crippen LogP contribution in [0.4, 0.5) is 0 Å². The van der Waals surface area contributed by atoms with Gasteiger partial charge in [0.1, 0.15) is 0 Å². The summed E-state index contributed by atoms with van der Waals surface area (Å²) in [5, 5.41) is 0. The number of benzene rings is 1. The minimum Gasteiger partial charge on any atom is -0.297 e. The van der Waals surface area contributed by atoms with E-state index in [0.717, 1.165) is 16.7 Å². The molecule has 0 saturated heterocycles. The van der Waals surface area contributed by atoms with Gasteiger partial charge in [-0.15, -0.1) is 0 Å². The van der Waals surface area contributed by atoms with Crippen molar-refractivity contribution < 1.29 is 19.2 Å². The quantitative estimate of drug-likeness (QED) is 0.232. The Kier molecular flexibility index (Phi) is 6.50. The average molecular weight is 501 g/mol. The highest BCUT2D eigenvalue weighted by molar-refractivity contribution is 6.42. The lowest BCUT2D eigenvalue weighted by Gasteiger charge is -2.71. The molecular formula is C33H40O4. The zero-order valence-corrected chi connectivity index (χ0v) is 23.5. The number of carbonyl (C=O) groups excluding carboxylic acids is 4. The first-order chi connectivity index (χ1) is 17.2. The second kappa shape index (κ2) is 8.85. The topological polar surface area (TPSA) is 68.3 Å². The third-order valence-corrected chi connectivity index (χ3v) is 9.47. The van der Waals surface area contributed by atoms with Crippen molar-refractivity contribution in [2.75, 3.05) is 0 Å². The van der Waals surface area contributed by atoms with Crippen molar-refractivity contribution in [3.63, 3.8) is 0 Å². The summed E-state index contributed by atoms with van der Waals surface area (Å²) in [7, 11) is 0. The van der Waals surface area contributed by atoms with Gasteiger partial charge in [-0.25, -0.2) is 0 Å². The van der Waals surface area contributed by atoms with Crippen LogP contribution in [0.25, 0.3) is 0 Å². The Labute approximate surface area is 221 Å². The molecule has 0 N–H and O–H groups in total. The number of hydrogen-bond donors (Lipinski definition) is 0. The van der Waals surface area contributed by atoms with E-state index in [2.05, 4.69) is 0 Å². The lowest BCUT2D eigenvalue weighted by Crippen LogP contribution is -2.83. The lowest BCUT2D eigenvalue weighted by atomic mass is 9.27. The molecule has 4 aliphatic carbocycles. The fourth-order valence-corrected chi connectivity index (χ4v) is 7.56. The summed E-state index contributed by atoms with van der Waals surface area (Å²) in [5.41, 5.74) is -2.14. The van der Waals surface area contributed by atoms with E-state index in [4.69, 9.17) is 0 Å². The molecule has 5 atom stereocenters. The SMILES string of the molecule is CC(C)=CCC12CC3[C@@H](C=C(C)C)C(C(=O)c4ccccc4)(C1=O)C(=O)C(CC=C(C)C)(C2=O)C3(C)C. The minimum atomic E-state index is -1.91. The highest BCUT2D eigenvalue weighted by Crippen LogP contribution is 2.75. The standard InChI is InChI=1S/C33H40O4/c1-20(2)14-16-31-19-25-24(18-22(5)6)33(28(31)36,26(34)23-12-10-9-11-13-23)29(37)32(27(31)35,30(25,7)8)17-15-21(3)4/h9-15,18,24-25H,16-17,19H2,1-8H3/t24-,25?,31?,32?,33?/m1/s1. The molecule has 1 aromatic rings. The van der Waals surface area contributed by atoms with Crippen LogP contribution in [0.15, 0.2) is 65.3 Å². The predicted octanol–water partition coefficient (Wildman–Crippen LogP) is 6.90. The van der Waals surface area contributed by atoms with Crippen molar-refractivity contribution >= 4 is 23.1 Å². The second-order valence-electron chi connectivity index (χ2n) is 12.8. The third kappa shape index (κ3) is 3.40. The number of allylic oxidation sites excluding steroid dienone is 6. The fourth-order valence-electron chi connectivity index (χ4n) is 7.56. The van der Waals surface area contributed by atoms with Crippen molar-refractivity contribution in [1.82, 2.24) is 0 Å². The van der Waals surface area contributed by atoms with Crippen LogP contribution in [0.1, 0.15) is 85.0 Å². The van der Waals surface area contributed by atoms with Gasteiger partial charge in [0, 0.05) is 11.5 Å². The first kappa shape index (κ1) is 27.2. The summed E-state index contributed by atoms with van der Waals surface area (Å²) < 4.78 is 0. The van der Waals surface area contributed by atoms with Crippen molar-refractivity contribution in [2.24, 2.45) is 33.5 Å². The van der Waals surface area contributed by atoms with Crippen molar-refractivity contribution in [3.05, 3.63) is 70.8 Å². The normalized spacial score (nSPS) is 33.2. The Morgan fingerprint density at radius 3 is 1.92 bits per heavy atom. The average Bonchev–Trinajstić information content (AvgIpc) is 2.82. The van der Waals surface area contributed by atoms with Gasteiger partial charge in [-0.2, -0.15) is 0 Å². The summed E-state index contributed by atoms with van der Waals surface area (Å²) in [5.74, 6) is -2.48. The zero-order valence-electron chi connectivity index (χ0n) is 23.5. The third-order valence-electron chi connectivity index (χ3n) is 9.47. The molecule has 5 rings (SSSR count). The summed E-state index contributed by atoms with van der Waals surface area (Å²) in [6.07, 6.45) is 6.66. The van der Waals surface area contributed by atoms with Crippen LogP contribution >= 0.6 is 0 Å². The van der Waals surface area contributed by atoms with Gasteiger partial charge in [0.15, 0.2) is 28.5 Å². The Balaban J connectivity index is 2.14. The molecule has 0 aliphatic heterocycles. The fraction of sp³-hybridized carbons (Fsp3) is 0.515. The minimum absolute atomic E-state index is 0.181. The number of hydrogen-bond acceptors (Lipinski definition) is 4. The van der Waals surface area contributed by atoms with Gasteiger partial charge >= 0.3 is 0 Å². The van der Waals surface area contributed by atoms with E-state index in [9.17, 15) is 14.4 Å². The van der Waals surface area contributed by atoms with Gasteiger partial charge in [-0.05, 0) is 72.1 Å². The van der Waals surface area contributed by atoms with Gasteiger partial charge in [0.05, 0.1) is 10.8 Å². The van der Waals surface area contributed by atoms with Gasteiger partial charge in [0.25, 0.3) is 0 Å². The summed E-state index contributed by atoms with van der Waals surface area (Å²) in [6.45, 7) is 15.7. The van der Waals surface area contributed by atoms with Crippen molar-refractivity contribution in [1.29, 1.82) is 0 Å². The maximum absolute atomic E-state index is 15.0. The first-order valence-electron chi connectivity index (χ1n) is 13.4. The molecule has 4 unspecified atom stereocenters. The molecule has 4 fully saturated rings. The second-order valence-corrected chi connectivity index (χ2v) is 12.8. The van der Waals surface area contributed by atoms with E-state index in [-0.39, 0.29) is 24.5 Å². The van der Waals surface area contributed by atoms with Crippen molar-refractivity contribution in [3.8, 4) is 0 Å². The van der Waals surface area contributed by atoms with Crippen LogP contribution in [0.3, 0.4) is 0 Å². The Morgan fingerprint density at radius 1 is 0.811 bits per heavy atom. The van der Waals surface area contributed by atoms with Crippen LogP contribution in [0.5, 0.6) is 0 Å². The molecule has 37 heavy (non-hydrogen) atoms. The van der Waals surface area contributed by atoms with Gasteiger partial charge in [-0.3, -0.25) is 19.2 Å². The van der Waals surface area contributed by atoms with Crippen LogP contribution in [0, 0.1) is 33.5 Å². The first-order valence-corrected chi connectivity index (χ1v) is 13.4. The molecular weight excluding hydrogens is 460 g/mol. The molecule has 0 heterocycles. The molecule has 4 aliphatic rings. The molecule has 4 bridgehead atoms. The Morgan fingerprint density at radius 2 is 1.38 bits per heavy atom. The van der Waals surface area contributed by atoms with E-state index in [1.807, 2.05) is 79.7 Å². The smallest absolute Gasteiger partial charge is 0.184 e. The van der Waals surface area contributed by atoms with Gasteiger partial charge < -0.3 is 0 Å². The molecule has 0 spiro atoms. The molecule has 4 heteroatoms. The Bertz CT molecular complexity index is 1260. The predicted molar refractivity (Wildman–Crippen MR) is 146 cm³/mol. The van der Waals surface area contributed by atoms with Gasteiger partial charge in [-0.1, -0.05) is 79.1 Å². The van der Waals surface area contributed by atoms with Crippen LogP contribution < -0.4 is 0 Å². The number of ketones is 4. The number of rotatable bonds is 7. The molecule has 4 nitrogen and oxygen atoms in total. The number of carbonyl (C=O) groups is 4. The Hall–Kier alpha value is -2.88. The number of Topliss-reactive ketones (excluding diaryl/α,β-unsaturated/α-hetero) is 4. The molecule has 4 saturated carbocycles. The van der Waals surface area contributed by atoms with E-state index >= 15 is 4.79 Å². The summed E-state index contributed by atoms with van der Waals surface area (Å²) >= 11 is 0. The van der Waals surface area contributed by atoms with E-state index < -0.39 is 44.9 Å². The zero-order chi connectivity index (χ0) is 27.6. The van der Waals surface area contributed by atoms with Crippen LogP contribution in [0.2, 0.25) is 0 Å². The van der Waals surface area contributed by atoms with E-state index in [0.29, 0.717) is 12.0 Å². The van der Waals surface area contributed by atoms with Crippen LogP contribution in [-0.2, 0) is 14.4 Å². The van der Waals surface area contributed by atoms with Crippen LogP contribution in [-0.4, -0.2) is 23.1 Å². The monoisotopic (exact) mass is 500 g/mol. The maximum atomic E-state index is 15.0. The van der Waals surface area contributed by atoms with E-state index in [1.165, 1.54) is 0 Å². The molecule has 0 radical (unpaired) electrons. The lowest BCUT2D eigenvalue weighted by molar-refractivity contribution is -0.210. The van der Waals surface area contributed by atoms with Crippen molar-refractivity contribution in [2.45, 2.75) is 74.7 Å². The molecule has 1 aromatic carbocycles. The van der Waals surface area contributed by atoms with E-state index in [1.54, 1.807) is 24.3 Å². The summed E-state index contributed by atoms with van der Waals surface area (Å²) in [6, 6.07) is 8.68. The highest BCUT2D eigenvalue weighted by atomic mass is 16.2.